The third-order valence-corrected chi connectivity index (χ3v) is 3.65. The lowest BCUT2D eigenvalue weighted by Crippen LogP contribution is -2.07. The van der Waals surface area contributed by atoms with Crippen molar-refractivity contribution in [3.63, 3.8) is 0 Å². The molecule has 0 aliphatic heterocycles. The highest BCUT2D eigenvalue weighted by Crippen LogP contribution is 2.31. The van der Waals surface area contributed by atoms with Crippen LogP contribution in [0.2, 0.25) is 0 Å². The van der Waals surface area contributed by atoms with Crippen LogP contribution in [0, 0.1) is 18.3 Å². The van der Waals surface area contributed by atoms with Gasteiger partial charge in [0.1, 0.15) is 5.75 Å². The van der Waals surface area contributed by atoms with Gasteiger partial charge in [-0.05, 0) is 25.1 Å². The minimum atomic E-state index is -0.278. The van der Waals surface area contributed by atoms with Crippen LogP contribution in [-0.4, -0.2) is 20.8 Å². The summed E-state index contributed by atoms with van der Waals surface area (Å²) in [7, 11) is 3.23. The highest BCUT2D eigenvalue weighted by molar-refractivity contribution is 5.42. The molecule has 2 aromatic rings. The Morgan fingerprint density at radius 1 is 1.00 bits per heavy atom. The van der Waals surface area contributed by atoms with Crippen molar-refractivity contribution in [2.45, 2.75) is 19.3 Å². The molecule has 1 atom stereocenters. The van der Waals surface area contributed by atoms with Crippen LogP contribution in [0.25, 0.3) is 0 Å². The number of aryl methyl sites for hydroxylation is 1. The van der Waals surface area contributed by atoms with Crippen molar-refractivity contribution in [3.05, 3.63) is 53.6 Å². The zero-order chi connectivity index (χ0) is 16.7. The van der Waals surface area contributed by atoms with Crippen LogP contribution >= 0.6 is 0 Å². The molecule has 4 nitrogen and oxygen atoms in total. The molecule has 0 heterocycles. The lowest BCUT2D eigenvalue weighted by atomic mass is 9.95. The minimum absolute atomic E-state index is 0.278. The first-order chi connectivity index (χ1) is 11.2. The summed E-state index contributed by atoms with van der Waals surface area (Å²) in [6.07, 6.45) is 0.578. The van der Waals surface area contributed by atoms with E-state index in [0.29, 0.717) is 24.5 Å². The molecule has 0 aliphatic rings. The van der Waals surface area contributed by atoms with Crippen molar-refractivity contribution >= 4 is 0 Å². The van der Waals surface area contributed by atoms with Crippen molar-refractivity contribution in [1.29, 1.82) is 5.26 Å². The molecule has 0 saturated heterocycles. The average molecular weight is 311 g/mol. The molecule has 23 heavy (non-hydrogen) atoms. The first-order valence-corrected chi connectivity index (χ1v) is 7.49. The summed E-state index contributed by atoms with van der Waals surface area (Å²) in [5, 5.41) is 9.50. The number of nitriles is 1. The lowest BCUT2D eigenvalue weighted by molar-refractivity contribution is 0.285. The van der Waals surface area contributed by atoms with Gasteiger partial charge in [0.05, 0.1) is 32.8 Å². The summed E-state index contributed by atoms with van der Waals surface area (Å²) >= 11 is 0. The number of ether oxygens (including phenoxy) is 3. The van der Waals surface area contributed by atoms with Gasteiger partial charge in [-0.2, -0.15) is 5.26 Å². The number of hydrogen-bond acceptors (Lipinski definition) is 4. The number of benzene rings is 2. The molecule has 0 aliphatic carbocycles. The molecule has 0 bridgehead atoms. The van der Waals surface area contributed by atoms with Gasteiger partial charge in [0.25, 0.3) is 0 Å². The predicted molar refractivity (Wildman–Crippen MR) is 89.2 cm³/mol. The van der Waals surface area contributed by atoms with Gasteiger partial charge >= 0.3 is 0 Å². The van der Waals surface area contributed by atoms with E-state index in [9.17, 15) is 5.26 Å². The van der Waals surface area contributed by atoms with Crippen molar-refractivity contribution in [3.8, 4) is 23.3 Å². The Morgan fingerprint density at radius 3 is 2.35 bits per heavy atom. The summed E-state index contributed by atoms with van der Waals surface area (Å²) in [5.41, 5.74) is 2.00. The molecule has 2 aromatic carbocycles. The van der Waals surface area contributed by atoms with Crippen LogP contribution in [-0.2, 0) is 0 Å². The van der Waals surface area contributed by atoms with Gasteiger partial charge in [-0.1, -0.05) is 29.8 Å². The molecule has 0 fully saturated rings. The van der Waals surface area contributed by atoms with Gasteiger partial charge in [0.2, 0.25) is 0 Å². The summed E-state index contributed by atoms with van der Waals surface area (Å²) in [4.78, 5) is 0. The fourth-order valence-corrected chi connectivity index (χ4v) is 2.44. The number of rotatable bonds is 7. The highest BCUT2D eigenvalue weighted by atomic mass is 16.5. The quantitative estimate of drug-likeness (QED) is 0.773. The monoisotopic (exact) mass is 311 g/mol. The SMILES string of the molecule is COc1ccccc1OCCC(C#N)c1cc(C)ccc1OC. The molecular formula is C19H21NO3. The molecule has 0 aromatic heterocycles. The van der Waals surface area contributed by atoms with Crippen molar-refractivity contribution in [2.75, 3.05) is 20.8 Å². The van der Waals surface area contributed by atoms with Crippen LogP contribution in [0.5, 0.6) is 17.2 Å². The van der Waals surface area contributed by atoms with Crippen LogP contribution in [0.4, 0.5) is 0 Å². The first kappa shape index (κ1) is 16.7. The Bertz CT molecular complexity index is 691. The van der Waals surface area contributed by atoms with Gasteiger partial charge in [-0.3, -0.25) is 0 Å². The van der Waals surface area contributed by atoms with E-state index in [-0.39, 0.29) is 5.92 Å². The second kappa shape index (κ2) is 8.09. The highest BCUT2D eigenvalue weighted by Gasteiger charge is 2.16. The van der Waals surface area contributed by atoms with E-state index < -0.39 is 0 Å². The largest absolute Gasteiger partial charge is 0.496 e. The summed E-state index contributed by atoms with van der Waals surface area (Å²) in [5.74, 6) is 1.83. The van der Waals surface area contributed by atoms with E-state index in [0.717, 1.165) is 16.9 Å². The van der Waals surface area contributed by atoms with Gasteiger partial charge in [-0.25, -0.2) is 0 Å². The maximum Gasteiger partial charge on any atom is 0.161 e. The smallest absolute Gasteiger partial charge is 0.161 e. The van der Waals surface area contributed by atoms with Crippen LogP contribution < -0.4 is 14.2 Å². The van der Waals surface area contributed by atoms with E-state index in [1.807, 2.05) is 49.4 Å². The zero-order valence-corrected chi connectivity index (χ0v) is 13.7. The Labute approximate surface area is 137 Å². The normalized spacial score (nSPS) is 11.4. The predicted octanol–water partition coefficient (Wildman–Crippen LogP) is 4.09. The lowest BCUT2D eigenvalue weighted by Gasteiger charge is -2.15. The molecule has 4 heteroatoms. The third kappa shape index (κ3) is 4.17. The summed E-state index contributed by atoms with van der Waals surface area (Å²) < 4.78 is 16.4. The second-order valence-corrected chi connectivity index (χ2v) is 5.22. The average Bonchev–Trinajstić information content (AvgIpc) is 2.59. The van der Waals surface area contributed by atoms with Crippen molar-refractivity contribution in [1.82, 2.24) is 0 Å². The third-order valence-electron chi connectivity index (χ3n) is 3.65. The number of methoxy groups -OCH3 is 2. The van der Waals surface area contributed by atoms with E-state index in [1.54, 1.807) is 14.2 Å². The van der Waals surface area contributed by atoms with Crippen LogP contribution in [0.3, 0.4) is 0 Å². The Kier molecular flexibility index (Phi) is 5.87. The Balaban J connectivity index is 2.06. The molecule has 0 N–H and O–H groups in total. The fraction of sp³-hybridized carbons (Fsp3) is 0.316. The van der Waals surface area contributed by atoms with E-state index in [1.165, 1.54) is 0 Å². The molecule has 1 unspecified atom stereocenters. The van der Waals surface area contributed by atoms with Gasteiger partial charge in [0.15, 0.2) is 11.5 Å². The van der Waals surface area contributed by atoms with E-state index in [4.69, 9.17) is 14.2 Å². The minimum Gasteiger partial charge on any atom is -0.496 e. The maximum absolute atomic E-state index is 9.50. The van der Waals surface area contributed by atoms with Crippen LogP contribution in [0.15, 0.2) is 42.5 Å². The fourth-order valence-electron chi connectivity index (χ4n) is 2.44. The second-order valence-electron chi connectivity index (χ2n) is 5.22. The molecule has 2 rings (SSSR count). The first-order valence-electron chi connectivity index (χ1n) is 7.49. The molecule has 0 spiro atoms. The van der Waals surface area contributed by atoms with Gasteiger partial charge in [0, 0.05) is 12.0 Å². The van der Waals surface area contributed by atoms with Gasteiger partial charge < -0.3 is 14.2 Å². The molecule has 0 amide bonds. The number of hydrogen-bond donors (Lipinski definition) is 0. The standard InChI is InChI=1S/C19H21NO3/c1-14-8-9-17(21-2)16(12-14)15(13-20)10-11-23-19-7-5-4-6-18(19)22-3/h4-9,12,15H,10-11H2,1-3H3. The van der Waals surface area contributed by atoms with Crippen LogP contribution in [0.1, 0.15) is 23.5 Å². The number of para-hydroxylation sites is 2. The molecule has 0 saturated carbocycles. The topological polar surface area (TPSA) is 51.5 Å². The maximum atomic E-state index is 9.50. The molecule has 120 valence electrons. The van der Waals surface area contributed by atoms with Crippen molar-refractivity contribution in [2.24, 2.45) is 0 Å². The van der Waals surface area contributed by atoms with Crippen molar-refractivity contribution < 1.29 is 14.2 Å². The number of nitrogens with zero attached hydrogens (tertiary/aromatic N) is 1. The summed E-state index contributed by atoms with van der Waals surface area (Å²) in [6, 6.07) is 15.7. The zero-order valence-electron chi connectivity index (χ0n) is 13.7. The van der Waals surface area contributed by atoms with E-state index in [2.05, 4.69) is 6.07 Å². The Morgan fingerprint density at radius 2 is 1.70 bits per heavy atom. The van der Waals surface area contributed by atoms with E-state index >= 15 is 0 Å². The molecule has 0 radical (unpaired) electrons. The summed E-state index contributed by atoms with van der Waals surface area (Å²) in [6.45, 7) is 2.43. The van der Waals surface area contributed by atoms with Gasteiger partial charge in [-0.15, -0.1) is 0 Å². The Hall–Kier alpha value is -2.67. The molecular weight excluding hydrogens is 290 g/mol.